The van der Waals surface area contributed by atoms with Gasteiger partial charge >= 0.3 is 0 Å². The minimum atomic E-state index is -0.312. The van der Waals surface area contributed by atoms with Crippen LogP contribution in [0.3, 0.4) is 0 Å². The van der Waals surface area contributed by atoms with Crippen molar-refractivity contribution in [2.45, 2.75) is 19.5 Å². The van der Waals surface area contributed by atoms with Gasteiger partial charge < -0.3 is 10.2 Å². The van der Waals surface area contributed by atoms with E-state index in [1.807, 2.05) is 12.1 Å². The fourth-order valence-electron chi connectivity index (χ4n) is 3.22. The van der Waals surface area contributed by atoms with Gasteiger partial charge in [-0.05, 0) is 35.9 Å². The number of amides is 1. The fraction of sp³-hybridized carbons (Fsp3) is 0.381. The topological polar surface area (TPSA) is 35.6 Å². The van der Waals surface area contributed by atoms with Crippen LogP contribution < -0.4 is 5.32 Å². The summed E-state index contributed by atoms with van der Waals surface area (Å²) >= 11 is 0. The molecule has 0 saturated carbocycles. The molecule has 1 aliphatic rings. The highest BCUT2D eigenvalue weighted by Gasteiger charge is 2.15. The number of hydrogen-bond acceptors (Lipinski definition) is 3. The fourth-order valence-corrected chi connectivity index (χ4v) is 3.22. The van der Waals surface area contributed by atoms with Crippen LogP contribution in [0.2, 0.25) is 0 Å². The molecule has 1 saturated heterocycles. The second-order valence-electron chi connectivity index (χ2n) is 6.93. The SMILES string of the molecule is CN1CCN(Cc2ccccc2CNC(=O)Cc2cccc(F)c2)CC1. The van der Waals surface area contributed by atoms with Crippen LogP contribution in [0.25, 0.3) is 0 Å². The van der Waals surface area contributed by atoms with Crippen LogP contribution in [0.5, 0.6) is 0 Å². The summed E-state index contributed by atoms with van der Waals surface area (Å²) < 4.78 is 13.2. The van der Waals surface area contributed by atoms with E-state index in [1.54, 1.807) is 12.1 Å². The molecule has 0 bridgehead atoms. The molecule has 4 nitrogen and oxygen atoms in total. The van der Waals surface area contributed by atoms with E-state index in [1.165, 1.54) is 17.7 Å². The lowest BCUT2D eigenvalue weighted by molar-refractivity contribution is -0.120. The maximum Gasteiger partial charge on any atom is 0.224 e. The Bertz CT molecular complexity index is 742. The second-order valence-corrected chi connectivity index (χ2v) is 6.93. The first-order valence-electron chi connectivity index (χ1n) is 9.09. The maximum absolute atomic E-state index is 13.2. The third-order valence-electron chi connectivity index (χ3n) is 4.84. The third kappa shape index (κ3) is 5.38. The molecular formula is C21H26FN3O. The zero-order valence-corrected chi connectivity index (χ0v) is 15.2. The Morgan fingerprint density at radius 2 is 1.77 bits per heavy atom. The number of hydrogen-bond donors (Lipinski definition) is 1. The number of carbonyl (C=O) groups excluding carboxylic acids is 1. The lowest BCUT2D eigenvalue weighted by atomic mass is 10.1. The Kier molecular flexibility index (Phi) is 6.36. The van der Waals surface area contributed by atoms with Crippen LogP contribution in [0.15, 0.2) is 48.5 Å². The van der Waals surface area contributed by atoms with Gasteiger partial charge in [0, 0.05) is 39.3 Å². The molecule has 2 aromatic carbocycles. The lowest BCUT2D eigenvalue weighted by Crippen LogP contribution is -2.44. The van der Waals surface area contributed by atoms with E-state index < -0.39 is 0 Å². The van der Waals surface area contributed by atoms with Crippen molar-refractivity contribution >= 4 is 5.91 Å². The van der Waals surface area contributed by atoms with Crippen LogP contribution >= 0.6 is 0 Å². The molecule has 0 unspecified atom stereocenters. The van der Waals surface area contributed by atoms with Gasteiger partial charge in [0.25, 0.3) is 0 Å². The van der Waals surface area contributed by atoms with Gasteiger partial charge in [0.15, 0.2) is 0 Å². The van der Waals surface area contributed by atoms with Gasteiger partial charge in [-0.3, -0.25) is 9.69 Å². The molecule has 0 aliphatic carbocycles. The van der Waals surface area contributed by atoms with Crippen molar-refractivity contribution in [2.75, 3.05) is 33.2 Å². The quantitative estimate of drug-likeness (QED) is 0.865. The van der Waals surface area contributed by atoms with E-state index in [-0.39, 0.29) is 18.1 Å². The van der Waals surface area contributed by atoms with Gasteiger partial charge in [-0.2, -0.15) is 0 Å². The van der Waals surface area contributed by atoms with Gasteiger partial charge in [-0.1, -0.05) is 36.4 Å². The van der Waals surface area contributed by atoms with Crippen LogP contribution in [-0.2, 0) is 24.3 Å². The van der Waals surface area contributed by atoms with Crippen molar-refractivity contribution in [3.05, 3.63) is 71.0 Å². The van der Waals surface area contributed by atoms with Gasteiger partial charge in [0.05, 0.1) is 6.42 Å². The molecule has 138 valence electrons. The van der Waals surface area contributed by atoms with Crippen LogP contribution in [0, 0.1) is 5.82 Å². The van der Waals surface area contributed by atoms with Crippen LogP contribution in [0.4, 0.5) is 4.39 Å². The van der Waals surface area contributed by atoms with E-state index >= 15 is 0 Å². The number of rotatable bonds is 6. The predicted octanol–water partition coefficient (Wildman–Crippen LogP) is 2.43. The highest BCUT2D eigenvalue weighted by molar-refractivity contribution is 5.78. The summed E-state index contributed by atoms with van der Waals surface area (Å²) in [7, 11) is 2.15. The number of likely N-dealkylation sites (N-methyl/N-ethyl adjacent to an activating group) is 1. The molecule has 1 fully saturated rings. The van der Waals surface area contributed by atoms with Crippen molar-refractivity contribution in [3.8, 4) is 0 Å². The highest BCUT2D eigenvalue weighted by Crippen LogP contribution is 2.13. The number of nitrogens with zero attached hydrogens (tertiary/aromatic N) is 2. The van der Waals surface area contributed by atoms with E-state index in [9.17, 15) is 9.18 Å². The molecule has 1 amide bonds. The first-order chi connectivity index (χ1) is 12.6. The minimum absolute atomic E-state index is 0.0926. The normalized spacial score (nSPS) is 15.8. The van der Waals surface area contributed by atoms with E-state index in [4.69, 9.17) is 0 Å². The minimum Gasteiger partial charge on any atom is -0.352 e. The summed E-state index contributed by atoms with van der Waals surface area (Å²) in [6.45, 7) is 5.72. The average Bonchev–Trinajstić information content (AvgIpc) is 2.63. The molecule has 2 aromatic rings. The molecule has 3 rings (SSSR count). The monoisotopic (exact) mass is 355 g/mol. The van der Waals surface area contributed by atoms with Crippen molar-refractivity contribution in [1.82, 2.24) is 15.1 Å². The van der Waals surface area contributed by atoms with Gasteiger partial charge in [-0.15, -0.1) is 0 Å². The van der Waals surface area contributed by atoms with Gasteiger partial charge in [-0.25, -0.2) is 4.39 Å². The Balaban J connectivity index is 1.55. The first kappa shape index (κ1) is 18.5. The number of piperazine rings is 1. The molecule has 1 heterocycles. The zero-order chi connectivity index (χ0) is 18.4. The molecule has 0 spiro atoms. The lowest BCUT2D eigenvalue weighted by Gasteiger charge is -2.32. The summed E-state index contributed by atoms with van der Waals surface area (Å²) in [5.41, 5.74) is 3.08. The second kappa shape index (κ2) is 8.92. The smallest absolute Gasteiger partial charge is 0.224 e. The standard InChI is InChI=1S/C21H26FN3O/c1-24-9-11-25(12-10-24)16-19-7-3-2-6-18(19)15-23-21(26)14-17-5-4-8-20(22)13-17/h2-8,13H,9-12,14-16H2,1H3,(H,23,26). The Morgan fingerprint density at radius 1 is 1.04 bits per heavy atom. The molecule has 1 N–H and O–H groups in total. The Hall–Kier alpha value is -2.24. The van der Waals surface area contributed by atoms with Crippen LogP contribution in [0.1, 0.15) is 16.7 Å². The summed E-state index contributed by atoms with van der Waals surface area (Å²) in [6, 6.07) is 14.4. The number of halogens is 1. The third-order valence-corrected chi connectivity index (χ3v) is 4.84. The summed E-state index contributed by atoms with van der Waals surface area (Å²) in [6.07, 6.45) is 0.193. The molecule has 1 aliphatic heterocycles. The molecule has 0 radical (unpaired) electrons. The predicted molar refractivity (Wildman–Crippen MR) is 101 cm³/mol. The average molecular weight is 355 g/mol. The van der Waals surface area contributed by atoms with E-state index in [2.05, 4.69) is 34.3 Å². The largest absolute Gasteiger partial charge is 0.352 e. The van der Waals surface area contributed by atoms with Crippen molar-refractivity contribution in [2.24, 2.45) is 0 Å². The molecule has 5 heteroatoms. The Labute approximate surface area is 154 Å². The number of benzene rings is 2. The molecule has 0 atom stereocenters. The van der Waals surface area contributed by atoms with Crippen molar-refractivity contribution < 1.29 is 9.18 Å². The van der Waals surface area contributed by atoms with Crippen molar-refractivity contribution in [3.63, 3.8) is 0 Å². The summed E-state index contributed by atoms with van der Waals surface area (Å²) in [4.78, 5) is 17.0. The Morgan fingerprint density at radius 3 is 2.50 bits per heavy atom. The van der Waals surface area contributed by atoms with Crippen LogP contribution in [-0.4, -0.2) is 48.9 Å². The molecule has 0 aromatic heterocycles. The summed E-state index contributed by atoms with van der Waals surface area (Å²) in [5.74, 6) is -0.405. The first-order valence-corrected chi connectivity index (χ1v) is 9.09. The highest BCUT2D eigenvalue weighted by atomic mass is 19.1. The zero-order valence-electron chi connectivity index (χ0n) is 15.2. The van der Waals surface area contributed by atoms with Gasteiger partial charge in [0.1, 0.15) is 5.82 Å². The molecular weight excluding hydrogens is 329 g/mol. The molecule has 26 heavy (non-hydrogen) atoms. The number of nitrogens with one attached hydrogen (secondary N) is 1. The van der Waals surface area contributed by atoms with E-state index in [0.29, 0.717) is 12.1 Å². The summed E-state index contributed by atoms with van der Waals surface area (Å²) in [5, 5.41) is 2.96. The van der Waals surface area contributed by atoms with E-state index in [0.717, 1.165) is 38.3 Å². The van der Waals surface area contributed by atoms with Crippen molar-refractivity contribution in [1.29, 1.82) is 0 Å². The van der Waals surface area contributed by atoms with Gasteiger partial charge in [0.2, 0.25) is 5.91 Å². The number of carbonyl (C=O) groups is 1. The maximum atomic E-state index is 13.2.